The maximum absolute atomic E-state index is 14.0. The molecule has 0 aromatic rings. The molecule has 1 saturated heterocycles. The maximum atomic E-state index is 14.0. The molecule has 6 atom stereocenters. The third-order valence-corrected chi connectivity index (χ3v) is 11.3. The zero-order valence-electron chi connectivity index (χ0n) is 42.1. The number of carbonyl (C=O) groups excluding carboxylic acids is 8. The van der Waals surface area contributed by atoms with Crippen LogP contribution in [-0.4, -0.2) is 113 Å². The molecule has 0 aromatic heterocycles. The van der Waals surface area contributed by atoms with Crippen LogP contribution in [0.5, 0.6) is 0 Å². The fraction of sp³-hybridized carbons (Fsp3) is 0.720. The van der Waals surface area contributed by atoms with Crippen molar-refractivity contribution in [3.05, 3.63) is 36.5 Å². The van der Waals surface area contributed by atoms with Crippen LogP contribution >= 0.6 is 0 Å². The number of primary amides is 1. The first kappa shape index (κ1) is 60.0. The van der Waals surface area contributed by atoms with Gasteiger partial charge in [-0.25, -0.2) is 4.79 Å². The van der Waals surface area contributed by atoms with Crippen molar-refractivity contribution in [1.82, 2.24) is 31.5 Å². The molecule has 7 amide bonds. The van der Waals surface area contributed by atoms with E-state index in [0.29, 0.717) is 6.42 Å². The van der Waals surface area contributed by atoms with Crippen molar-refractivity contribution in [2.24, 2.45) is 23.5 Å². The molecule has 0 bridgehead atoms. The Morgan fingerprint density at radius 1 is 0.716 bits per heavy atom. The van der Waals surface area contributed by atoms with Crippen LogP contribution in [0.4, 0.5) is 0 Å². The molecule has 8 N–H and O–H groups in total. The Labute approximate surface area is 400 Å². The number of β-amino-alcohol motifs (C(OH)–C–C–N with tert-alkyl or cyclic N) is 1. The number of rotatable bonds is 32. The van der Waals surface area contributed by atoms with Crippen LogP contribution in [0.1, 0.15) is 159 Å². The van der Waals surface area contributed by atoms with Gasteiger partial charge in [-0.2, -0.15) is 0 Å². The molecule has 0 radical (unpaired) electrons. The van der Waals surface area contributed by atoms with Crippen molar-refractivity contribution in [2.75, 3.05) is 13.7 Å². The van der Waals surface area contributed by atoms with Crippen molar-refractivity contribution in [3.8, 4) is 0 Å². The number of esters is 1. The number of likely N-dealkylation sites (tertiary alicyclic amines) is 1. The molecule has 1 fully saturated rings. The number of nitrogens with one attached hydrogen (secondary N) is 5. The van der Waals surface area contributed by atoms with E-state index in [-0.39, 0.29) is 62.8 Å². The summed E-state index contributed by atoms with van der Waals surface area (Å²) in [5, 5.41) is 24.2. The summed E-state index contributed by atoms with van der Waals surface area (Å²) in [7, 11) is 1.19. The number of amides is 7. The topological polar surface area (TPSA) is 255 Å². The Kier molecular flexibility index (Phi) is 28.5. The van der Waals surface area contributed by atoms with E-state index in [1.807, 2.05) is 27.7 Å². The molecule has 0 aliphatic carbocycles. The van der Waals surface area contributed by atoms with Gasteiger partial charge in [0.05, 0.1) is 13.2 Å². The quantitative estimate of drug-likeness (QED) is 0.0281. The lowest BCUT2D eigenvalue weighted by atomic mass is 9.98. The van der Waals surface area contributed by atoms with Gasteiger partial charge in [-0.15, -0.1) is 0 Å². The summed E-state index contributed by atoms with van der Waals surface area (Å²) in [6.07, 6.45) is 20.7. The van der Waals surface area contributed by atoms with Crippen molar-refractivity contribution < 1.29 is 48.2 Å². The summed E-state index contributed by atoms with van der Waals surface area (Å²) in [5.74, 6) is -5.79. The molecule has 0 aromatic carbocycles. The van der Waals surface area contributed by atoms with E-state index in [1.165, 1.54) is 12.0 Å². The number of ether oxygens (including phenoxy) is 1. The fourth-order valence-corrected chi connectivity index (χ4v) is 7.69. The molecule has 380 valence electrons. The largest absolute Gasteiger partial charge is 0.467 e. The number of aliphatic hydroxyl groups excluding tert-OH is 1. The zero-order chi connectivity index (χ0) is 50.7. The van der Waals surface area contributed by atoms with Crippen LogP contribution in [0.25, 0.3) is 0 Å². The summed E-state index contributed by atoms with van der Waals surface area (Å²) in [6, 6.07) is -5.86. The molecule has 1 aliphatic heterocycles. The van der Waals surface area contributed by atoms with Gasteiger partial charge in [0.2, 0.25) is 41.4 Å². The second kappa shape index (κ2) is 31.8. The number of methoxy groups -OCH3 is 1. The molecular formula is C50H85N7O10. The molecule has 0 unspecified atom stereocenters. The van der Waals surface area contributed by atoms with Crippen molar-refractivity contribution in [2.45, 2.75) is 200 Å². The smallest absolute Gasteiger partial charge is 0.328 e. The van der Waals surface area contributed by atoms with Crippen LogP contribution < -0.4 is 32.3 Å². The lowest BCUT2D eigenvalue weighted by molar-refractivity contribution is -0.146. The number of hydrogen-bond acceptors (Lipinski definition) is 10. The third kappa shape index (κ3) is 24.0. The van der Waals surface area contributed by atoms with E-state index in [4.69, 9.17) is 10.5 Å². The summed E-state index contributed by atoms with van der Waals surface area (Å²) >= 11 is 0. The monoisotopic (exact) mass is 944 g/mol. The Hall–Kier alpha value is -5.06. The second-order valence-corrected chi connectivity index (χ2v) is 19.3. The summed E-state index contributed by atoms with van der Waals surface area (Å²) in [4.78, 5) is 108. The molecule has 0 saturated carbocycles. The van der Waals surface area contributed by atoms with Crippen LogP contribution in [0.15, 0.2) is 36.5 Å². The standard InChI is InChI=1S/C50H85N7O10/c1-11-12-13-14-15-16-17-18-19-20-21-22-23-24-25-26-42(60)56-50(8,9)49(66)57-32-36(58)31-40(57)46(63)53-38(29-33(2)3)45(62)55-43(35(6)7)47(64)52-37(27-28-41(51)59)44(61)54-39(30-34(4)5)48(65)67-10/h12-13,15-16,18-19,33-40,43,58H,11,14,17,20-32H2,1-10H3,(H2,51,59)(H,52,64)(H,53,63)(H,54,61)(H,55,62)(H,56,60)/b13-12+,16-15+,19-18+/t36-,37-,38-,39-,40-,43-/m0/s1. The normalized spacial score (nSPS) is 17.2. The number of carbonyl (C=O) groups is 8. The second-order valence-electron chi connectivity index (χ2n) is 19.3. The van der Waals surface area contributed by atoms with Crippen molar-refractivity contribution >= 4 is 47.3 Å². The van der Waals surface area contributed by atoms with Crippen LogP contribution in [0.2, 0.25) is 0 Å². The average molecular weight is 944 g/mol. The average Bonchev–Trinajstić information content (AvgIpc) is 3.64. The predicted octanol–water partition coefficient (Wildman–Crippen LogP) is 4.56. The van der Waals surface area contributed by atoms with Crippen molar-refractivity contribution in [3.63, 3.8) is 0 Å². The maximum Gasteiger partial charge on any atom is 0.328 e. The molecule has 1 heterocycles. The number of unbranched alkanes of at least 4 members (excludes halogenated alkanes) is 5. The molecule has 17 nitrogen and oxygen atoms in total. The number of allylic oxidation sites excluding steroid dienone is 6. The third-order valence-electron chi connectivity index (χ3n) is 11.3. The Morgan fingerprint density at radius 3 is 1.85 bits per heavy atom. The van der Waals surface area contributed by atoms with Gasteiger partial charge in [0.15, 0.2) is 0 Å². The van der Waals surface area contributed by atoms with Gasteiger partial charge in [-0.3, -0.25) is 33.6 Å². The number of nitrogens with two attached hydrogens (primary N) is 1. The van der Waals surface area contributed by atoms with E-state index < -0.39 is 89.2 Å². The highest BCUT2D eigenvalue weighted by molar-refractivity contribution is 5.98. The minimum Gasteiger partial charge on any atom is -0.467 e. The lowest BCUT2D eigenvalue weighted by Crippen LogP contribution is -2.61. The zero-order valence-corrected chi connectivity index (χ0v) is 42.1. The minimum atomic E-state index is -1.40. The van der Waals surface area contributed by atoms with Gasteiger partial charge in [0.25, 0.3) is 0 Å². The highest BCUT2D eigenvalue weighted by Crippen LogP contribution is 2.23. The minimum absolute atomic E-state index is 0.000294. The van der Waals surface area contributed by atoms with Crippen LogP contribution in [0, 0.1) is 17.8 Å². The molecule has 17 heteroatoms. The first-order valence-corrected chi connectivity index (χ1v) is 24.4. The van der Waals surface area contributed by atoms with Gasteiger partial charge in [0, 0.05) is 25.8 Å². The summed E-state index contributed by atoms with van der Waals surface area (Å²) in [6.45, 7) is 15.8. The van der Waals surface area contributed by atoms with Crippen LogP contribution in [-0.2, 0) is 43.1 Å². The van der Waals surface area contributed by atoms with E-state index in [9.17, 15) is 43.5 Å². The number of aliphatic hydroxyl groups is 1. The summed E-state index contributed by atoms with van der Waals surface area (Å²) < 4.78 is 4.85. The molecule has 0 spiro atoms. The van der Waals surface area contributed by atoms with Gasteiger partial charge in [0.1, 0.15) is 35.7 Å². The summed E-state index contributed by atoms with van der Waals surface area (Å²) in [5.41, 5.74) is 3.96. The fourth-order valence-electron chi connectivity index (χ4n) is 7.69. The Morgan fingerprint density at radius 2 is 1.27 bits per heavy atom. The molecule has 1 rings (SSSR count). The van der Waals surface area contributed by atoms with E-state index in [0.717, 1.165) is 51.4 Å². The van der Waals surface area contributed by atoms with E-state index in [2.05, 4.69) is 70.0 Å². The predicted molar refractivity (Wildman–Crippen MR) is 260 cm³/mol. The van der Waals surface area contributed by atoms with Crippen LogP contribution in [0.3, 0.4) is 0 Å². The van der Waals surface area contributed by atoms with Gasteiger partial charge >= 0.3 is 5.97 Å². The van der Waals surface area contributed by atoms with Crippen molar-refractivity contribution in [1.29, 1.82) is 0 Å². The SMILES string of the molecule is CC/C=C/C/C=C/C/C=C/CCCCCCCC(=O)NC(C)(C)C(=O)N1C[C@@H](O)C[C@H]1C(=O)N[C@@H](CC(C)C)C(=O)N[C@H](C(=O)N[C@@H](CCC(N)=O)C(=O)N[C@@H](CC(C)C)C(=O)OC)C(C)C. The first-order chi connectivity index (χ1) is 31.5. The molecule has 1 aliphatic rings. The number of hydrogen-bond donors (Lipinski definition) is 7. The van der Waals surface area contributed by atoms with E-state index >= 15 is 0 Å². The van der Waals surface area contributed by atoms with E-state index in [1.54, 1.807) is 27.7 Å². The van der Waals surface area contributed by atoms with Gasteiger partial charge in [-0.1, -0.05) is 104 Å². The molecular weight excluding hydrogens is 859 g/mol. The molecule has 67 heavy (non-hydrogen) atoms. The highest BCUT2D eigenvalue weighted by atomic mass is 16.5. The Balaban J connectivity index is 2.96. The van der Waals surface area contributed by atoms with Gasteiger partial charge < -0.3 is 47.1 Å². The first-order valence-electron chi connectivity index (χ1n) is 24.4. The lowest BCUT2D eigenvalue weighted by Gasteiger charge is -2.34. The number of nitrogens with zero attached hydrogens (tertiary/aromatic N) is 1. The van der Waals surface area contributed by atoms with Gasteiger partial charge in [-0.05, 0) is 89.4 Å². The Bertz CT molecular complexity index is 1690. The highest BCUT2D eigenvalue weighted by Gasteiger charge is 2.45.